The summed E-state index contributed by atoms with van der Waals surface area (Å²) in [5.41, 5.74) is 11.2. The molecule has 0 radical (unpaired) electrons. The predicted molar refractivity (Wildman–Crippen MR) is 85.3 cm³/mol. The molecule has 1 rings (SSSR count). The van der Waals surface area contributed by atoms with Crippen LogP contribution in [0.25, 0.3) is 0 Å². The lowest BCUT2D eigenvalue weighted by molar-refractivity contribution is -0.145. The maximum absolute atomic E-state index is 11.9. The zero-order chi connectivity index (χ0) is 16.4. The van der Waals surface area contributed by atoms with E-state index in [9.17, 15) is 9.90 Å². The van der Waals surface area contributed by atoms with Gasteiger partial charge in [0, 0.05) is 18.7 Å². The molecule has 0 aliphatic carbocycles. The lowest BCUT2D eigenvalue weighted by Crippen LogP contribution is -2.38. The van der Waals surface area contributed by atoms with Gasteiger partial charge in [0.2, 0.25) is 0 Å². The number of para-hydroxylation sites is 1. The predicted octanol–water partition coefficient (Wildman–Crippen LogP) is 0.467. The first-order chi connectivity index (χ1) is 10.5. The van der Waals surface area contributed by atoms with Crippen LogP contribution in [-0.4, -0.2) is 36.2 Å². The number of carbonyl (C=O) groups is 1. The summed E-state index contributed by atoms with van der Waals surface area (Å²) in [6, 6.07) is 6.51. The SMILES string of the molecule is CCOC(=O)[C@H](CCCN=C(N)N)NCc1ccccc1O. The zero-order valence-electron chi connectivity index (χ0n) is 12.8. The quantitative estimate of drug-likeness (QED) is 0.227. The summed E-state index contributed by atoms with van der Waals surface area (Å²) in [6.07, 6.45) is 1.19. The zero-order valence-corrected chi connectivity index (χ0v) is 12.8. The highest BCUT2D eigenvalue weighted by molar-refractivity contribution is 5.76. The second-order valence-corrected chi connectivity index (χ2v) is 4.76. The van der Waals surface area contributed by atoms with Crippen molar-refractivity contribution in [3.05, 3.63) is 29.8 Å². The fourth-order valence-electron chi connectivity index (χ4n) is 1.94. The standard InChI is InChI=1S/C15H24N4O3/c1-2-22-14(21)12(7-5-9-18-15(16)17)19-10-11-6-3-4-8-13(11)20/h3-4,6,8,12,19-20H,2,5,7,9-10H2,1H3,(H4,16,17,18)/t12-/m0/s1. The van der Waals surface area contributed by atoms with E-state index in [1.165, 1.54) is 0 Å². The van der Waals surface area contributed by atoms with Gasteiger partial charge in [-0.1, -0.05) is 18.2 Å². The number of guanidine groups is 1. The van der Waals surface area contributed by atoms with Crippen molar-refractivity contribution in [1.82, 2.24) is 5.32 Å². The summed E-state index contributed by atoms with van der Waals surface area (Å²) in [7, 11) is 0. The molecule has 122 valence electrons. The molecule has 0 amide bonds. The summed E-state index contributed by atoms with van der Waals surface area (Å²) >= 11 is 0. The van der Waals surface area contributed by atoms with Crippen molar-refractivity contribution in [1.29, 1.82) is 0 Å². The first-order valence-electron chi connectivity index (χ1n) is 7.26. The highest BCUT2D eigenvalue weighted by Crippen LogP contribution is 2.15. The molecule has 22 heavy (non-hydrogen) atoms. The number of phenols is 1. The van der Waals surface area contributed by atoms with Crippen LogP contribution in [0.2, 0.25) is 0 Å². The Morgan fingerprint density at radius 3 is 2.77 bits per heavy atom. The maximum atomic E-state index is 11.9. The molecule has 0 saturated carbocycles. The van der Waals surface area contributed by atoms with Crippen LogP contribution in [0.15, 0.2) is 29.3 Å². The molecule has 0 spiro atoms. The molecular formula is C15H24N4O3. The molecule has 0 aliphatic rings. The van der Waals surface area contributed by atoms with Gasteiger partial charge >= 0.3 is 5.97 Å². The minimum Gasteiger partial charge on any atom is -0.508 e. The Morgan fingerprint density at radius 1 is 1.41 bits per heavy atom. The molecule has 0 unspecified atom stereocenters. The Kier molecular flexibility index (Phi) is 7.77. The first kappa shape index (κ1) is 17.8. The number of hydrogen-bond donors (Lipinski definition) is 4. The van der Waals surface area contributed by atoms with Crippen LogP contribution in [0, 0.1) is 0 Å². The van der Waals surface area contributed by atoms with E-state index >= 15 is 0 Å². The van der Waals surface area contributed by atoms with E-state index < -0.39 is 6.04 Å². The van der Waals surface area contributed by atoms with Gasteiger partial charge in [0.25, 0.3) is 0 Å². The molecule has 0 saturated heterocycles. The van der Waals surface area contributed by atoms with E-state index in [-0.39, 0.29) is 17.7 Å². The molecule has 0 aliphatic heterocycles. The van der Waals surface area contributed by atoms with Crippen LogP contribution in [0.1, 0.15) is 25.3 Å². The molecule has 0 heterocycles. The number of phenolic OH excluding ortho intramolecular Hbond substituents is 1. The van der Waals surface area contributed by atoms with Gasteiger partial charge in [-0.15, -0.1) is 0 Å². The number of ether oxygens (including phenoxy) is 1. The fourth-order valence-corrected chi connectivity index (χ4v) is 1.94. The number of esters is 1. The molecule has 1 atom stereocenters. The van der Waals surface area contributed by atoms with E-state index in [1.807, 2.05) is 6.07 Å². The van der Waals surface area contributed by atoms with E-state index in [0.29, 0.717) is 32.5 Å². The number of nitrogens with one attached hydrogen (secondary N) is 1. The number of hydrogen-bond acceptors (Lipinski definition) is 5. The second kappa shape index (κ2) is 9.62. The van der Waals surface area contributed by atoms with Crippen LogP contribution in [-0.2, 0) is 16.1 Å². The van der Waals surface area contributed by atoms with Crippen molar-refractivity contribution >= 4 is 11.9 Å². The average Bonchev–Trinajstić information content (AvgIpc) is 2.48. The van der Waals surface area contributed by atoms with Crippen molar-refractivity contribution < 1.29 is 14.6 Å². The number of nitrogens with zero attached hydrogens (tertiary/aromatic N) is 1. The highest BCUT2D eigenvalue weighted by Gasteiger charge is 2.19. The van der Waals surface area contributed by atoms with Crippen molar-refractivity contribution in [3.63, 3.8) is 0 Å². The fraction of sp³-hybridized carbons (Fsp3) is 0.467. The molecule has 1 aromatic carbocycles. The summed E-state index contributed by atoms with van der Waals surface area (Å²) in [4.78, 5) is 15.8. The second-order valence-electron chi connectivity index (χ2n) is 4.76. The highest BCUT2D eigenvalue weighted by atomic mass is 16.5. The minimum atomic E-state index is -0.464. The first-order valence-corrected chi connectivity index (χ1v) is 7.26. The van der Waals surface area contributed by atoms with Gasteiger partial charge in [0.05, 0.1) is 6.61 Å². The van der Waals surface area contributed by atoms with E-state index in [1.54, 1.807) is 25.1 Å². The third-order valence-corrected chi connectivity index (χ3v) is 3.05. The van der Waals surface area contributed by atoms with E-state index in [0.717, 1.165) is 5.56 Å². The molecular weight excluding hydrogens is 284 g/mol. The maximum Gasteiger partial charge on any atom is 0.323 e. The van der Waals surface area contributed by atoms with Gasteiger partial charge in [-0.05, 0) is 25.8 Å². The molecule has 0 bridgehead atoms. The van der Waals surface area contributed by atoms with Gasteiger partial charge in [0.1, 0.15) is 11.8 Å². The monoisotopic (exact) mass is 308 g/mol. The molecule has 6 N–H and O–H groups in total. The Balaban J connectivity index is 2.56. The van der Waals surface area contributed by atoms with Gasteiger partial charge in [0.15, 0.2) is 5.96 Å². The summed E-state index contributed by atoms with van der Waals surface area (Å²) in [5.74, 6) is -0.0874. The Morgan fingerprint density at radius 2 is 2.14 bits per heavy atom. The largest absolute Gasteiger partial charge is 0.508 e. The van der Waals surface area contributed by atoms with Crippen LogP contribution < -0.4 is 16.8 Å². The lowest BCUT2D eigenvalue weighted by atomic mass is 10.1. The third-order valence-electron chi connectivity index (χ3n) is 3.05. The van der Waals surface area contributed by atoms with E-state index in [4.69, 9.17) is 16.2 Å². The summed E-state index contributed by atoms with van der Waals surface area (Å²) < 4.78 is 5.05. The van der Waals surface area contributed by atoms with Crippen molar-refractivity contribution in [2.24, 2.45) is 16.5 Å². The Hall–Kier alpha value is -2.28. The van der Waals surface area contributed by atoms with Gasteiger partial charge in [-0.25, -0.2) is 0 Å². The molecule has 0 aromatic heterocycles. The number of aromatic hydroxyl groups is 1. The van der Waals surface area contributed by atoms with Crippen molar-refractivity contribution in [2.75, 3.05) is 13.2 Å². The van der Waals surface area contributed by atoms with Gasteiger partial charge < -0.3 is 26.6 Å². The third kappa shape index (κ3) is 6.45. The Bertz CT molecular complexity index is 501. The van der Waals surface area contributed by atoms with Gasteiger partial charge in [-0.3, -0.25) is 9.79 Å². The number of carbonyl (C=O) groups excluding carboxylic acids is 1. The number of nitrogens with two attached hydrogens (primary N) is 2. The molecule has 0 fully saturated rings. The normalized spacial score (nSPS) is 11.7. The van der Waals surface area contributed by atoms with Crippen LogP contribution in [0.3, 0.4) is 0 Å². The average molecular weight is 308 g/mol. The number of benzene rings is 1. The summed E-state index contributed by atoms with van der Waals surface area (Å²) in [6.45, 7) is 2.91. The number of aliphatic imine (C=N–C) groups is 1. The Labute approximate surface area is 130 Å². The van der Waals surface area contributed by atoms with Gasteiger partial charge in [-0.2, -0.15) is 0 Å². The summed E-state index contributed by atoms with van der Waals surface area (Å²) in [5, 5.41) is 12.8. The van der Waals surface area contributed by atoms with Crippen LogP contribution in [0.4, 0.5) is 0 Å². The minimum absolute atomic E-state index is 0.0369. The smallest absolute Gasteiger partial charge is 0.323 e. The molecule has 7 heteroatoms. The van der Waals surface area contributed by atoms with Crippen LogP contribution >= 0.6 is 0 Å². The lowest BCUT2D eigenvalue weighted by Gasteiger charge is -2.17. The topological polar surface area (TPSA) is 123 Å². The van der Waals surface area contributed by atoms with Crippen molar-refractivity contribution in [2.45, 2.75) is 32.4 Å². The van der Waals surface area contributed by atoms with E-state index in [2.05, 4.69) is 10.3 Å². The molecule has 1 aromatic rings. The molecule has 7 nitrogen and oxygen atoms in total. The number of rotatable bonds is 9. The van der Waals surface area contributed by atoms with Crippen molar-refractivity contribution in [3.8, 4) is 5.75 Å². The van der Waals surface area contributed by atoms with Crippen LogP contribution in [0.5, 0.6) is 5.75 Å².